The van der Waals surface area contributed by atoms with Gasteiger partial charge in [-0.1, -0.05) is 18.2 Å². The van der Waals surface area contributed by atoms with Crippen LogP contribution < -0.4 is 11.1 Å². The molecule has 0 fully saturated rings. The summed E-state index contributed by atoms with van der Waals surface area (Å²) in [5.41, 5.74) is 6.19. The van der Waals surface area contributed by atoms with Gasteiger partial charge in [0.05, 0.1) is 22.2 Å². The van der Waals surface area contributed by atoms with Crippen molar-refractivity contribution >= 4 is 28.4 Å². The molecule has 162 valence electrons. The molecule has 1 amide bonds. The molecule has 0 aliphatic carbocycles. The largest absolute Gasteiger partial charge is 0.383 e. The third kappa shape index (κ3) is 2.83. The van der Waals surface area contributed by atoms with Gasteiger partial charge in [0, 0.05) is 17.4 Å². The van der Waals surface area contributed by atoms with Gasteiger partial charge >= 0.3 is 0 Å². The molecule has 0 atom stereocenters. The Kier molecular flexibility index (Phi) is 4.23. The fourth-order valence-electron chi connectivity index (χ4n) is 3.96. The number of carbonyl (C=O) groups is 1. The molecule has 0 saturated heterocycles. The highest BCUT2D eigenvalue weighted by atomic mass is 19.2. The van der Waals surface area contributed by atoms with E-state index >= 15 is 0 Å². The minimum Gasteiger partial charge on any atom is -0.383 e. The molecule has 0 bridgehead atoms. The highest BCUT2D eigenvalue weighted by molar-refractivity contribution is 6.06. The molecule has 32 heavy (non-hydrogen) atoms. The van der Waals surface area contributed by atoms with Crippen LogP contribution in [0, 0.1) is 17.5 Å². The number of nitrogens with two attached hydrogens (primary N) is 1. The van der Waals surface area contributed by atoms with E-state index in [-0.39, 0.29) is 29.9 Å². The number of nitrogens with zero attached hydrogens (tertiary/aromatic N) is 4. The van der Waals surface area contributed by atoms with Gasteiger partial charge in [0.2, 0.25) is 5.91 Å². The Bertz CT molecular complexity index is 1430. The van der Waals surface area contributed by atoms with Gasteiger partial charge < -0.3 is 11.1 Å². The highest BCUT2D eigenvalue weighted by Crippen LogP contribution is 2.39. The molecular formula is C22H17F3N6O. The van der Waals surface area contributed by atoms with Gasteiger partial charge in [0.25, 0.3) is 5.95 Å². The van der Waals surface area contributed by atoms with Crippen LogP contribution in [0.1, 0.15) is 30.7 Å². The lowest BCUT2D eigenvalue weighted by Crippen LogP contribution is -2.27. The average Bonchev–Trinajstić information content (AvgIpc) is 3.22. The first-order valence-electron chi connectivity index (χ1n) is 9.77. The average molecular weight is 438 g/mol. The smallest absolute Gasteiger partial charge is 0.255 e. The van der Waals surface area contributed by atoms with Crippen LogP contribution >= 0.6 is 0 Å². The minimum absolute atomic E-state index is 0.0851. The molecule has 0 spiro atoms. The van der Waals surface area contributed by atoms with Crippen LogP contribution in [0.25, 0.3) is 16.9 Å². The number of halogens is 3. The third-order valence-corrected chi connectivity index (χ3v) is 5.69. The highest BCUT2D eigenvalue weighted by Gasteiger charge is 2.42. The summed E-state index contributed by atoms with van der Waals surface area (Å²) in [6.07, 6.45) is -0.285. The summed E-state index contributed by atoms with van der Waals surface area (Å²) in [4.78, 5) is 21.1. The van der Waals surface area contributed by atoms with Crippen LogP contribution in [0.3, 0.4) is 0 Å². The van der Waals surface area contributed by atoms with Gasteiger partial charge in [-0.15, -0.1) is 0 Å². The Morgan fingerprint density at radius 1 is 1.06 bits per heavy atom. The molecule has 0 unspecified atom stereocenters. The predicted molar refractivity (Wildman–Crippen MR) is 112 cm³/mol. The van der Waals surface area contributed by atoms with E-state index < -0.39 is 28.4 Å². The van der Waals surface area contributed by atoms with Gasteiger partial charge in [-0.25, -0.2) is 13.2 Å². The molecule has 1 aliphatic rings. The SMILES string of the molecule is CC1(C)C(=O)Nc2nc(-n3nc(Cc4c(F)ccc(F)c4F)c4ccccc43)nc(N)c21. The maximum atomic E-state index is 14.3. The van der Waals surface area contributed by atoms with Crippen molar-refractivity contribution < 1.29 is 18.0 Å². The third-order valence-electron chi connectivity index (χ3n) is 5.69. The number of fused-ring (bicyclic) bond motifs is 2. The first-order chi connectivity index (χ1) is 15.2. The van der Waals surface area contributed by atoms with Gasteiger partial charge in [0.1, 0.15) is 17.5 Å². The van der Waals surface area contributed by atoms with E-state index in [4.69, 9.17) is 5.73 Å². The van der Waals surface area contributed by atoms with Crippen molar-refractivity contribution in [2.45, 2.75) is 25.7 Å². The quantitative estimate of drug-likeness (QED) is 0.476. The van der Waals surface area contributed by atoms with Crippen molar-refractivity contribution in [3.8, 4) is 5.95 Å². The number of aromatic nitrogens is 4. The van der Waals surface area contributed by atoms with E-state index in [9.17, 15) is 18.0 Å². The zero-order valence-corrected chi connectivity index (χ0v) is 17.1. The molecule has 3 N–H and O–H groups in total. The van der Waals surface area contributed by atoms with Crippen LogP contribution in [-0.2, 0) is 16.6 Å². The molecule has 5 rings (SSSR count). The maximum Gasteiger partial charge on any atom is 0.255 e. The minimum atomic E-state index is -1.26. The zero-order chi connectivity index (χ0) is 22.8. The van der Waals surface area contributed by atoms with Crippen LogP contribution in [0.2, 0.25) is 0 Å². The summed E-state index contributed by atoms with van der Waals surface area (Å²) in [6, 6.07) is 8.58. The summed E-state index contributed by atoms with van der Waals surface area (Å²) in [5, 5.41) is 7.74. The van der Waals surface area contributed by atoms with E-state index in [1.807, 2.05) is 0 Å². The number of benzene rings is 2. The lowest BCUT2D eigenvalue weighted by Gasteiger charge is -2.16. The Labute approximate surface area is 180 Å². The molecule has 2 aromatic heterocycles. The molecule has 2 aromatic carbocycles. The van der Waals surface area contributed by atoms with Crippen molar-refractivity contribution in [1.29, 1.82) is 0 Å². The van der Waals surface area contributed by atoms with E-state index in [0.717, 1.165) is 12.1 Å². The Balaban J connectivity index is 1.67. The zero-order valence-electron chi connectivity index (χ0n) is 17.1. The summed E-state index contributed by atoms with van der Waals surface area (Å²) < 4.78 is 43.6. The number of nitrogens with one attached hydrogen (secondary N) is 1. The lowest BCUT2D eigenvalue weighted by atomic mass is 9.87. The number of amides is 1. The second-order valence-corrected chi connectivity index (χ2v) is 8.09. The van der Waals surface area contributed by atoms with Crippen LogP contribution in [0.4, 0.5) is 24.8 Å². The summed E-state index contributed by atoms with van der Waals surface area (Å²) in [5.74, 6) is -3.03. The van der Waals surface area contributed by atoms with Gasteiger partial charge in [-0.3, -0.25) is 4.79 Å². The van der Waals surface area contributed by atoms with Crippen molar-refractivity contribution in [3.63, 3.8) is 0 Å². The molecule has 10 heteroatoms. The Morgan fingerprint density at radius 3 is 2.56 bits per heavy atom. The predicted octanol–water partition coefficient (Wildman–Crippen LogP) is 3.64. The second kappa shape index (κ2) is 6.78. The molecular weight excluding hydrogens is 421 g/mol. The van der Waals surface area contributed by atoms with Crippen molar-refractivity contribution in [2.24, 2.45) is 0 Å². The maximum absolute atomic E-state index is 14.3. The van der Waals surface area contributed by atoms with Crippen LogP contribution in [-0.4, -0.2) is 25.7 Å². The molecule has 0 radical (unpaired) electrons. The Hall–Kier alpha value is -3.95. The van der Waals surface area contributed by atoms with Crippen molar-refractivity contribution in [2.75, 3.05) is 11.1 Å². The van der Waals surface area contributed by atoms with Gasteiger partial charge in [-0.05, 0) is 32.0 Å². The Morgan fingerprint density at radius 2 is 1.78 bits per heavy atom. The first kappa shape index (κ1) is 20.0. The molecule has 4 aromatic rings. The van der Waals surface area contributed by atoms with E-state index in [1.54, 1.807) is 38.1 Å². The van der Waals surface area contributed by atoms with Crippen LogP contribution in [0.15, 0.2) is 36.4 Å². The molecule has 0 saturated carbocycles. The molecule has 1 aliphatic heterocycles. The number of rotatable bonds is 3. The second-order valence-electron chi connectivity index (χ2n) is 8.09. The lowest BCUT2D eigenvalue weighted by molar-refractivity contribution is -0.119. The topological polar surface area (TPSA) is 98.7 Å². The number of anilines is 2. The van der Waals surface area contributed by atoms with Crippen molar-refractivity contribution in [3.05, 3.63) is 70.7 Å². The first-order valence-corrected chi connectivity index (χ1v) is 9.77. The van der Waals surface area contributed by atoms with E-state index in [2.05, 4.69) is 20.4 Å². The van der Waals surface area contributed by atoms with E-state index in [1.165, 1.54) is 4.68 Å². The van der Waals surface area contributed by atoms with Crippen molar-refractivity contribution in [1.82, 2.24) is 19.7 Å². The number of hydrogen-bond acceptors (Lipinski definition) is 5. The number of para-hydroxylation sites is 1. The normalized spacial score (nSPS) is 14.6. The number of nitrogen functional groups attached to an aromatic ring is 1. The number of hydrogen-bond donors (Lipinski definition) is 2. The fraction of sp³-hybridized carbons (Fsp3) is 0.182. The van der Waals surface area contributed by atoms with Gasteiger partial charge in [-0.2, -0.15) is 19.7 Å². The summed E-state index contributed by atoms with van der Waals surface area (Å²) in [7, 11) is 0. The number of carbonyl (C=O) groups excluding carboxylic acids is 1. The standard InChI is InChI=1S/C22H17F3N6O/c1-22(2)16-18(26)27-21(29-19(16)28-20(22)32)31-15-6-4-3-5-10(15)14(30-31)9-11-12(23)7-8-13(24)17(11)25/h3-8H,9H2,1-2H3,(H3,26,27,28,29,32). The van der Waals surface area contributed by atoms with Crippen LogP contribution in [0.5, 0.6) is 0 Å². The molecule has 3 heterocycles. The van der Waals surface area contributed by atoms with E-state index in [0.29, 0.717) is 22.2 Å². The van der Waals surface area contributed by atoms with Gasteiger partial charge in [0.15, 0.2) is 11.6 Å². The molecule has 7 nitrogen and oxygen atoms in total. The monoisotopic (exact) mass is 438 g/mol. The summed E-state index contributed by atoms with van der Waals surface area (Å²) in [6.45, 7) is 3.44. The fourth-order valence-corrected chi connectivity index (χ4v) is 3.96. The summed E-state index contributed by atoms with van der Waals surface area (Å²) >= 11 is 0.